The third-order valence-corrected chi connectivity index (χ3v) is 8.70. The Morgan fingerprint density at radius 1 is 1.11 bits per heavy atom. The molecule has 2 heterocycles. The highest BCUT2D eigenvalue weighted by Gasteiger charge is 2.21. The second-order valence-corrected chi connectivity index (χ2v) is 11.1. The summed E-state index contributed by atoms with van der Waals surface area (Å²) in [6.07, 6.45) is 2.72. The predicted molar refractivity (Wildman–Crippen MR) is 146 cm³/mol. The van der Waals surface area contributed by atoms with Crippen LogP contribution in [0.5, 0.6) is 0 Å². The molecule has 13 heteroatoms. The molecule has 3 aromatic rings. The molecule has 0 aliphatic rings. The number of anilines is 1. The number of ether oxygens (including phenoxy) is 1. The minimum Gasteiger partial charge on any atom is -0.383 e. The van der Waals surface area contributed by atoms with Crippen molar-refractivity contribution >= 4 is 44.5 Å². The molecule has 11 nitrogen and oxygen atoms in total. The third-order valence-electron chi connectivity index (χ3n) is 5.58. The molecule has 0 bridgehead atoms. The first kappa shape index (κ1) is 28.8. The van der Waals surface area contributed by atoms with Crippen LogP contribution in [0.3, 0.4) is 0 Å². The SMILES string of the molecule is CCCSc1nc(NCCOC)c2cnn(CCNC(=O)c3ccc(S(=O)(=O)N(CC)CC)cc3)c2n1. The second-order valence-electron chi connectivity index (χ2n) is 8.10. The lowest BCUT2D eigenvalue weighted by molar-refractivity contribution is 0.0952. The monoisotopic (exact) mass is 549 g/mol. The number of sulfonamides is 1. The highest BCUT2D eigenvalue weighted by molar-refractivity contribution is 7.99. The molecule has 0 spiro atoms. The van der Waals surface area contributed by atoms with Gasteiger partial charge in [-0.05, 0) is 30.7 Å². The van der Waals surface area contributed by atoms with Crippen molar-refractivity contribution in [2.24, 2.45) is 0 Å². The van der Waals surface area contributed by atoms with Gasteiger partial charge in [0.2, 0.25) is 10.0 Å². The van der Waals surface area contributed by atoms with Crippen molar-refractivity contribution in [2.75, 3.05) is 51.0 Å². The summed E-state index contributed by atoms with van der Waals surface area (Å²) in [5, 5.41) is 12.1. The van der Waals surface area contributed by atoms with E-state index >= 15 is 0 Å². The standard InChI is InChI=1S/C24H35N7O4S2/c1-5-16-36-24-28-21(25-13-15-35-4)20-17-27-31(22(20)29-24)14-12-26-23(32)18-8-10-19(11-9-18)37(33,34)30(6-2)7-3/h8-11,17H,5-7,12-16H2,1-4H3,(H,26,32)(H,25,28,29). The zero-order valence-electron chi connectivity index (χ0n) is 21.7. The molecule has 0 aliphatic heterocycles. The summed E-state index contributed by atoms with van der Waals surface area (Å²) in [5.41, 5.74) is 1.07. The topological polar surface area (TPSA) is 131 Å². The van der Waals surface area contributed by atoms with Crippen LogP contribution in [0.25, 0.3) is 11.0 Å². The summed E-state index contributed by atoms with van der Waals surface area (Å²) < 4.78 is 33.6. The third kappa shape index (κ3) is 7.18. The van der Waals surface area contributed by atoms with E-state index in [1.54, 1.807) is 43.6 Å². The quantitative estimate of drug-likeness (QED) is 0.167. The average molecular weight is 550 g/mol. The molecule has 3 rings (SSSR count). The van der Waals surface area contributed by atoms with Gasteiger partial charge in [0, 0.05) is 44.6 Å². The maximum atomic E-state index is 12.7. The summed E-state index contributed by atoms with van der Waals surface area (Å²) >= 11 is 1.58. The zero-order chi connectivity index (χ0) is 26.8. The van der Waals surface area contributed by atoms with Crippen molar-refractivity contribution in [3.05, 3.63) is 36.0 Å². The fourth-order valence-electron chi connectivity index (χ4n) is 3.63. The predicted octanol–water partition coefficient (Wildman–Crippen LogP) is 2.85. The Labute approximate surface area is 222 Å². The number of thioether (sulfide) groups is 1. The Bertz CT molecular complexity index is 1280. The van der Waals surface area contributed by atoms with Gasteiger partial charge >= 0.3 is 0 Å². The smallest absolute Gasteiger partial charge is 0.251 e. The summed E-state index contributed by atoms with van der Waals surface area (Å²) in [4.78, 5) is 22.2. The Hall–Kier alpha value is -2.74. The lowest BCUT2D eigenvalue weighted by Crippen LogP contribution is -2.31. The molecule has 0 atom stereocenters. The first-order chi connectivity index (χ1) is 17.8. The Morgan fingerprint density at radius 2 is 1.84 bits per heavy atom. The largest absolute Gasteiger partial charge is 0.383 e. The molecule has 1 aromatic carbocycles. The number of carbonyl (C=O) groups excluding carboxylic acids is 1. The average Bonchev–Trinajstić information content (AvgIpc) is 3.31. The van der Waals surface area contributed by atoms with Crippen LogP contribution in [-0.4, -0.2) is 84.0 Å². The Balaban J connectivity index is 1.68. The van der Waals surface area contributed by atoms with Crippen molar-refractivity contribution in [1.29, 1.82) is 0 Å². The number of rotatable bonds is 15. The van der Waals surface area contributed by atoms with Gasteiger partial charge in [0.05, 0.1) is 29.6 Å². The van der Waals surface area contributed by atoms with E-state index in [0.717, 1.165) is 17.6 Å². The van der Waals surface area contributed by atoms with E-state index in [1.165, 1.54) is 28.6 Å². The number of aromatic nitrogens is 4. The fourth-order valence-corrected chi connectivity index (χ4v) is 5.78. The molecule has 0 radical (unpaired) electrons. The molecular weight excluding hydrogens is 514 g/mol. The number of methoxy groups -OCH3 is 1. The number of hydrogen-bond acceptors (Lipinski definition) is 9. The number of hydrogen-bond donors (Lipinski definition) is 2. The van der Waals surface area contributed by atoms with Crippen LogP contribution < -0.4 is 10.6 Å². The molecule has 0 saturated heterocycles. The van der Waals surface area contributed by atoms with Crippen LogP contribution in [0.15, 0.2) is 40.5 Å². The highest BCUT2D eigenvalue weighted by atomic mass is 32.2. The second kappa shape index (κ2) is 13.7. The Kier molecular flexibility index (Phi) is 10.7. The molecule has 0 unspecified atom stereocenters. The molecule has 0 fully saturated rings. The van der Waals surface area contributed by atoms with Gasteiger partial charge in [-0.15, -0.1) is 0 Å². The molecule has 0 aliphatic carbocycles. The molecule has 2 N–H and O–H groups in total. The summed E-state index contributed by atoms with van der Waals surface area (Å²) in [5.74, 6) is 1.32. The fraction of sp³-hybridized carbons (Fsp3) is 0.500. The summed E-state index contributed by atoms with van der Waals surface area (Å²) in [6, 6.07) is 5.98. The number of amides is 1. The van der Waals surface area contributed by atoms with Gasteiger partial charge in [0.25, 0.3) is 5.91 Å². The minimum absolute atomic E-state index is 0.169. The molecule has 37 heavy (non-hydrogen) atoms. The molecule has 2 aromatic heterocycles. The number of fused-ring (bicyclic) bond motifs is 1. The number of benzene rings is 1. The van der Waals surface area contributed by atoms with E-state index in [4.69, 9.17) is 4.74 Å². The van der Waals surface area contributed by atoms with Gasteiger partial charge in [-0.1, -0.05) is 32.5 Å². The van der Waals surface area contributed by atoms with Crippen LogP contribution in [0.1, 0.15) is 37.6 Å². The van der Waals surface area contributed by atoms with Crippen LogP contribution in [0.4, 0.5) is 5.82 Å². The number of carbonyl (C=O) groups is 1. The van der Waals surface area contributed by atoms with Crippen LogP contribution in [0, 0.1) is 0 Å². The van der Waals surface area contributed by atoms with Crippen molar-refractivity contribution < 1.29 is 17.9 Å². The van der Waals surface area contributed by atoms with E-state index in [1.807, 2.05) is 0 Å². The van der Waals surface area contributed by atoms with E-state index < -0.39 is 10.0 Å². The van der Waals surface area contributed by atoms with Crippen LogP contribution in [0.2, 0.25) is 0 Å². The van der Waals surface area contributed by atoms with Crippen molar-refractivity contribution in [3.8, 4) is 0 Å². The number of nitrogens with zero attached hydrogens (tertiary/aromatic N) is 5. The van der Waals surface area contributed by atoms with E-state index in [9.17, 15) is 13.2 Å². The van der Waals surface area contributed by atoms with Gasteiger partial charge in [-0.2, -0.15) is 9.40 Å². The van der Waals surface area contributed by atoms with E-state index in [2.05, 4.69) is 32.6 Å². The van der Waals surface area contributed by atoms with Crippen LogP contribution >= 0.6 is 11.8 Å². The molecular formula is C24H35N7O4S2. The van der Waals surface area contributed by atoms with Crippen molar-refractivity contribution in [2.45, 2.75) is 43.8 Å². The lowest BCUT2D eigenvalue weighted by Gasteiger charge is -2.18. The summed E-state index contributed by atoms with van der Waals surface area (Å²) in [6.45, 7) is 8.35. The maximum absolute atomic E-state index is 12.7. The van der Waals surface area contributed by atoms with Crippen LogP contribution in [-0.2, 0) is 21.3 Å². The van der Waals surface area contributed by atoms with Gasteiger partial charge in [0.15, 0.2) is 10.8 Å². The van der Waals surface area contributed by atoms with Gasteiger partial charge in [-0.3, -0.25) is 4.79 Å². The first-order valence-corrected chi connectivity index (χ1v) is 14.8. The zero-order valence-corrected chi connectivity index (χ0v) is 23.4. The van der Waals surface area contributed by atoms with E-state index in [-0.39, 0.29) is 10.8 Å². The highest BCUT2D eigenvalue weighted by Crippen LogP contribution is 2.24. The molecule has 1 amide bonds. The maximum Gasteiger partial charge on any atom is 0.251 e. The minimum atomic E-state index is -3.57. The molecule has 0 saturated carbocycles. The normalized spacial score (nSPS) is 11.8. The van der Waals surface area contributed by atoms with Crippen molar-refractivity contribution in [1.82, 2.24) is 29.4 Å². The van der Waals surface area contributed by atoms with Gasteiger partial charge in [0.1, 0.15) is 5.82 Å². The Morgan fingerprint density at radius 3 is 2.49 bits per heavy atom. The lowest BCUT2D eigenvalue weighted by atomic mass is 10.2. The summed E-state index contributed by atoms with van der Waals surface area (Å²) in [7, 11) is -1.92. The van der Waals surface area contributed by atoms with Crippen molar-refractivity contribution in [3.63, 3.8) is 0 Å². The van der Waals surface area contributed by atoms with Gasteiger partial charge in [-0.25, -0.2) is 23.1 Å². The van der Waals surface area contributed by atoms with E-state index in [0.29, 0.717) is 61.5 Å². The van der Waals surface area contributed by atoms with Gasteiger partial charge < -0.3 is 15.4 Å². The first-order valence-electron chi connectivity index (χ1n) is 12.3. The number of nitrogens with one attached hydrogen (secondary N) is 2. The molecule has 202 valence electrons.